The molecule has 2 heterocycles. The second-order valence-electron chi connectivity index (χ2n) is 8.52. The summed E-state index contributed by atoms with van der Waals surface area (Å²) in [6, 6.07) is 12.5. The molecule has 1 aromatic heterocycles. The van der Waals surface area contributed by atoms with E-state index in [0.29, 0.717) is 18.6 Å². The monoisotopic (exact) mass is 395 g/mol. The lowest BCUT2D eigenvalue weighted by atomic mass is 10.1. The zero-order valence-corrected chi connectivity index (χ0v) is 18.0. The smallest absolute Gasteiger partial charge is 0.192 e. The van der Waals surface area contributed by atoms with Gasteiger partial charge in [0.1, 0.15) is 12.4 Å². The largest absolute Gasteiger partial charge is 0.352 e. The molecule has 29 heavy (non-hydrogen) atoms. The molecule has 0 amide bonds. The summed E-state index contributed by atoms with van der Waals surface area (Å²) >= 11 is 0. The number of guanidine groups is 1. The minimum absolute atomic E-state index is 0.169. The molecule has 7 nitrogen and oxygen atoms in total. The number of aliphatic imine (C=N–C) groups is 1. The van der Waals surface area contributed by atoms with Crippen molar-refractivity contribution < 1.29 is 0 Å². The predicted molar refractivity (Wildman–Crippen MR) is 116 cm³/mol. The minimum atomic E-state index is 0.169. The van der Waals surface area contributed by atoms with E-state index in [1.807, 2.05) is 24.6 Å². The molecule has 0 spiro atoms. The summed E-state index contributed by atoms with van der Waals surface area (Å²) in [6.45, 7) is 8.07. The van der Waals surface area contributed by atoms with Crippen molar-refractivity contribution in [2.24, 2.45) is 12.0 Å². The number of nitrogens with one attached hydrogen (secondary N) is 2. The fraction of sp³-hybridized carbons (Fsp3) is 0.591. The summed E-state index contributed by atoms with van der Waals surface area (Å²) in [6.07, 6.45) is 3.86. The molecule has 1 aliphatic carbocycles. The Morgan fingerprint density at radius 2 is 2.00 bits per heavy atom. The Bertz CT molecular complexity index is 840. The summed E-state index contributed by atoms with van der Waals surface area (Å²) in [5.41, 5.74) is 1.25. The molecular weight excluding hydrogens is 362 g/mol. The van der Waals surface area contributed by atoms with Crippen LogP contribution in [0, 0.1) is 6.92 Å². The van der Waals surface area contributed by atoms with Gasteiger partial charge in [-0.25, -0.2) is 4.99 Å². The molecular formula is C22H33N7. The van der Waals surface area contributed by atoms with E-state index >= 15 is 0 Å². The van der Waals surface area contributed by atoms with Crippen LogP contribution < -0.4 is 10.6 Å². The first-order valence-corrected chi connectivity index (χ1v) is 10.7. The highest BCUT2D eigenvalue weighted by Crippen LogP contribution is 2.33. The highest BCUT2D eigenvalue weighted by atomic mass is 15.3. The first-order chi connectivity index (χ1) is 14.0. The minimum Gasteiger partial charge on any atom is -0.352 e. The van der Waals surface area contributed by atoms with Crippen LogP contribution in [0.2, 0.25) is 0 Å². The van der Waals surface area contributed by atoms with Crippen molar-refractivity contribution in [1.29, 1.82) is 0 Å². The maximum Gasteiger partial charge on any atom is 0.192 e. The van der Waals surface area contributed by atoms with E-state index in [9.17, 15) is 0 Å². The van der Waals surface area contributed by atoms with E-state index < -0.39 is 0 Å². The fourth-order valence-electron chi connectivity index (χ4n) is 4.17. The molecule has 1 saturated heterocycles. The highest BCUT2D eigenvalue weighted by Gasteiger charge is 2.39. The number of hydrogen-bond donors (Lipinski definition) is 2. The van der Waals surface area contributed by atoms with Crippen molar-refractivity contribution in [2.45, 2.75) is 70.7 Å². The molecule has 2 N–H and O–H groups in total. The third kappa shape index (κ3) is 4.78. The lowest BCUT2D eigenvalue weighted by Gasteiger charge is -2.22. The van der Waals surface area contributed by atoms with E-state index in [4.69, 9.17) is 4.99 Å². The molecule has 1 aliphatic heterocycles. The molecule has 156 valence electrons. The van der Waals surface area contributed by atoms with Gasteiger partial charge < -0.3 is 15.2 Å². The maximum absolute atomic E-state index is 4.86. The number of aromatic nitrogens is 3. The van der Waals surface area contributed by atoms with Gasteiger partial charge in [0.15, 0.2) is 11.8 Å². The number of rotatable bonds is 6. The average molecular weight is 396 g/mol. The summed E-state index contributed by atoms with van der Waals surface area (Å²) in [4.78, 5) is 7.51. The van der Waals surface area contributed by atoms with Crippen molar-refractivity contribution in [2.75, 3.05) is 6.54 Å². The van der Waals surface area contributed by atoms with Crippen LogP contribution in [-0.2, 0) is 13.6 Å². The van der Waals surface area contributed by atoms with Crippen LogP contribution in [0.4, 0.5) is 0 Å². The maximum atomic E-state index is 4.86. The van der Waals surface area contributed by atoms with Crippen molar-refractivity contribution in [3.63, 3.8) is 0 Å². The Balaban J connectivity index is 1.47. The molecule has 7 heteroatoms. The zero-order chi connectivity index (χ0) is 20.4. The second kappa shape index (κ2) is 8.53. The SMILES string of the molecule is Cc1nnc(CN=C(NC2CC(C)N(C3CC3)C2)NC(C)c2ccccc2)n1C. The van der Waals surface area contributed by atoms with Gasteiger partial charge in [0, 0.05) is 31.7 Å². The quantitative estimate of drug-likeness (QED) is 0.581. The molecule has 0 bridgehead atoms. The van der Waals surface area contributed by atoms with Crippen molar-refractivity contribution in [1.82, 2.24) is 30.3 Å². The number of hydrogen-bond acceptors (Lipinski definition) is 4. The van der Waals surface area contributed by atoms with Crippen LogP contribution in [0.25, 0.3) is 0 Å². The van der Waals surface area contributed by atoms with Gasteiger partial charge in [-0.2, -0.15) is 0 Å². The normalized spacial score (nSPS) is 23.9. The Morgan fingerprint density at radius 3 is 2.66 bits per heavy atom. The third-order valence-electron chi connectivity index (χ3n) is 6.19. The number of nitrogens with zero attached hydrogens (tertiary/aromatic N) is 5. The highest BCUT2D eigenvalue weighted by molar-refractivity contribution is 5.80. The zero-order valence-electron chi connectivity index (χ0n) is 18.0. The number of likely N-dealkylation sites (tertiary alicyclic amines) is 1. The summed E-state index contributed by atoms with van der Waals surface area (Å²) in [5.74, 6) is 2.62. The van der Waals surface area contributed by atoms with E-state index in [-0.39, 0.29) is 6.04 Å². The number of aryl methyl sites for hydroxylation is 1. The van der Waals surface area contributed by atoms with E-state index in [1.165, 1.54) is 18.4 Å². The summed E-state index contributed by atoms with van der Waals surface area (Å²) in [7, 11) is 1.99. The summed E-state index contributed by atoms with van der Waals surface area (Å²) in [5, 5.41) is 15.7. The second-order valence-corrected chi connectivity index (χ2v) is 8.52. The molecule has 0 radical (unpaired) electrons. The standard InChI is InChI=1S/C22H33N7/c1-15-12-19(14-29(15)20-10-11-20)25-22(23-13-21-27-26-17(3)28(21)4)24-16(2)18-8-6-5-7-9-18/h5-9,15-16,19-20H,10-14H2,1-4H3,(H2,23,24,25). The first kappa shape index (κ1) is 19.9. The molecule has 1 saturated carbocycles. The van der Waals surface area contributed by atoms with Gasteiger partial charge >= 0.3 is 0 Å². The van der Waals surface area contributed by atoms with Crippen LogP contribution in [0.1, 0.15) is 56.4 Å². The molecule has 2 fully saturated rings. The summed E-state index contributed by atoms with van der Waals surface area (Å²) < 4.78 is 1.99. The van der Waals surface area contributed by atoms with Crippen molar-refractivity contribution >= 4 is 5.96 Å². The van der Waals surface area contributed by atoms with Crippen LogP contribution >= 0.6 is 0 Å². The van der Waals surface area contributed by atoms with Gasteiger partial charge in [-0.15, -0.1) is 10.2 Å². The lowest BCUT2D eigenvalue weighted by molar-refractivity contribution is 0.256. The Morgan fingerprint density at radius 1 is 1.24 bits per heavy atom. The van der Waals surface area contributed by atoms with Crippen LogP contribution in [0.3, 0.4) is 0 Å². The first-order valence-electron chi connectivity index (χ1n) is 10.7. The van der Waals surface area contributed by atoms with Crippen molar-refractivity contribution in [3.05, 3.63) is 47.5 Å². The van der Waals surface area contributed by atoms with Gasteiger partial charge in [0.25, 0.3) is 0 Å². The molecule has 1 aromatic carbocycles. The molecule has 2 aliphatic rings. The molecule has 4 rings (SSSR count). The third-order valence-corrected chi connectivity index (χ3v) is 6.19. The van der Waals surface area contributed by atoms with Gasteiger partial charge in [-0.05, 0) is 45.6 Å². The van der Waals surface area contributed by atoms with Crippen molar-refractivity contribution in [3.8, 4) is 0 Å². The van der Waals surface area contributed by atoms with Gasteiger partial charge in [0.2, 0.25) is 0 Å². The van der Waals surface area contributed by atoms with Gasteiger partial charge in [-0.1, -0.05) is 30.3 Å². The molecule has 3 atom stereocenters. The van der Waals surface area contributed by atoms with E-state index in [2.05, 4.69) is 63.8 Å². The van der Waals surface area contributed by atoms with Crippen LogP contribution in [0.15, 0.2) is 35.3 Å². The Kier molecular flexibility index (Phi) is 5.85. The van der Waals surface area contributed by atoms with Gasteiger partial charge in [0.05, 0.1) is 6.04 Å². The fourth-order valence-corrected chi connectivity index (χ4v) is 4.17. The van der Waals surface area contributed by atoms with Crippen LogP contribution in [0.5, 0.6) is 0 Å². The molecule has 3 unspecified atom stereocenters. The molecule has 2 aromatic rings. The average Bonchev–Trinajstić information content (AvgIpc) is 3.43. The van der Waals surface area contributed by atoms with E-state index in [0.717, 1.165) is 36.6 Å². The number of benzene rings is 1. The Labute approximate surface area is 173 Å². The van der Waals surface area contributed by atoms with Gasteiger partial charge in [-0.3, -0.25) is 4.90 Å². The van der Waals surface area contributed by atoms with E-state index in [1.54, 1.807) is 0 Å². The predicted octanol–water partition coefficient (Wildman–Crippen LogP) is 2.55. The Hall–Kier alpha value is -2.41. The van der Waals surface area contributed by atoms with Crippen LogP contribution in [-0.4, -0.2) is 50.3 Å². The topological polar surface area (TPSA) is 70.4 Å². The lowest BCUT2D eigenvalue weighted by Crippen LogP contribution is -2.45.